The smallest absolute Gasteiger partial charge is 0.269 e. The lowest BCUT2D eigenvalue weighted by Gasteiger charge is -2.38. The number of nitrogens with zero attached hydrogens (tertiary/aromatic N) is 2. The third-order valence-corrected chi connectivity index (χ3v) is 8.77. The maximum atomic E-state index is 13.0. The van der Waals surface area contributed by atoms with Gasteiger partial charge in [0.15, 0.2) is 9.84 Å². The molecule has 3 aromatic rings. The molecule has 1 saturated heterocycles. The SMILES string of the molecule is CS(=O)(=O)c1ccc(C2=C(CNC(=O)c3ccc([N+](=O)[O-])cc3)[C@H]3CC[C@@H](C2)N3CCOc2ccccc2)cc1. The van der Waals surface area contributed by atoms with Gasteiger partial charge >= 0.3 is 0 Å². The number of nitro groups is 1. The average Bonchev–Trinajstić information content (AvgIpc) is 3.24. The summed E-state index contributed by atoms with van der Waals surface area (Å²) >= 11 is 0. The lowest BCUT2D eigenvalue weighted by molar-refractivity contribution is -0.384. The highest BCUT2D eigenvalue weighted by Crippen LogP contribution is 2.42. The molecule has 0 aliphatic carbocycles. The zero-order valence-corrected chi connectivity index (χ0v) is 23.0. The van der Waals surface area contributed by atoms with Crippen LogP contribution in [0.3, 0.4) is 0 Å². The van der Waals surface area contributed by atoms with E-state index in [2.05, 4.69) is 10.2 Å². The molecule has 3 aromatic carbocycles. The Morgan fingerprint density at radius 1 is 1.02 bits per heavy atom. The van der Waals surface area contributed by atoms with Gasteiger partial charge in [-0.3, -0.25) is 19.8 Å². The van der Waals surface area contributed by atoms with Crippen LogP contribution in [0.5, 0.6) is 5.75 Å². The molecule has 1 amide bonds. The van der Waals surface area contributed by atoms with Gasteiger partial charge in [-0.2, -0.15) is 0 Å². The standard InChI is InChI=1S/C30H31N3O6S/c1-40(37,38)26-14-9-21(10-15-26)27-19-24-13-16-29(32(24)17-18-39-25-5-3-2-4-6-25)28(27)20-31-30(34)22-7-11-23(12-8-22)33(35)36/h2-12,14-15,24,29H,13,16-20H2,1H3,(H,31,34)/t24-,29+/m0/s1. The van der Waals surface area contributed by atoms with Crippen molar-refractivity contribution in [1.82, 2.24) is 10.2 Å². The van der Waals surface area contributed by atoms with E-state index in [1.165, 1.54) is 30.5 Å². The van der Waals surface area contributed by atoms with E-state index >= 15 is 0 Å². The molecule has 2 bridgehead atoms. The Bertz CT molecular complexity index is 1520. The second-order valence-electron chi connectivity index (χ2n) is 10.1. The molecule has 2 heterocycles. The van der Waals surface area contributed by atoms with Gasteiger partial charge in [0, 0.05) is 49.1 Å². The van der Waals surface area contributed by atoms with Crippen LogP contribution in [0.4, 0.5) is 5.69 Å². The normalized spacial score (nSPS) is 18.9. The van der Waals surface area contributed by atoms with E-state index in [1.54, 1.807) is 12.1 Å². The van der Waals surface area contributed by atoms with Gasteiger partial charge in [0.1, 0.15) is 12.4 Å². The second-order valence-corrected chi connectivity index (χ2v) is 12.2. The van der Waals surface area contributed by atoms with Crippen molar-refractivity contribution in [3.05, 3.63) is 106 Å². The van der Waals surface area contributed by atoms with Crippen molar-refractivity contribution in [2.75, 3.05) is 26.0 Å². The lowest BCUT2D eigenvalue weighted by atomic mass is 9.88. The monoisotopic (exact) mass is 561 g/mol. The number of carbonyl (C=O) groups is 1. The number of ether oxygens (including phenoxy) is 1. The summed E-state index contributed by atoms with van der Waals surface area (Å²) in [7, 11) is -3.31. The number of carbonyl (C=O) groups excluding carboxylic acids is 1. The molecule has 0 saturated carbocycles. The minimum Gasteiger partial charge on any atom is -0.492 e. The van der Waals surface area contributed by atoms with Crippen LogP contribution < -0.4 is 10.1 Å². The number of rotatable bonds is 10. The molecule has 0 radical (unpaired) electrons. The van der Waals surface area contributed by atoms with Gasteiger partial charge in [0.2, 0.25) is 0 Å². The first-order valence-corrected chi connectivity index (χ1v) is 15.1. The van der Waals surface area contributed by atoms with Gasteiger partial charge in [0.25, 0.3) is 11.6 Å². The maximum absolute atomic E-state index is 13.0. The number of hydrogen-bond acceptors (Lipinski definition) is 7. The van der Waals surface area contributed by atoms with Crippen molar-refractivity contribution in [1.29, 1.82) is 0 Å². The van der Waals surface area contributed by atoms with E-state index < -0.39 is 14.8 Å². The number of hydrogen-bond donors (Lipinski definition) is 1. The molecular weight excluding hydrogens is 530 g/mol. The van der Waals surface area contributed by atoms with Crippen molar-refractivity contribution in [2.45, 2.75) is 36.2 Å². The fourth-order valence-electron chi connectivity index (χ4n) is 5.67. The first-order valence-electron chi connectivity index (χ1n) is 13.2. The van der Waals surface area contributed by atoms with Gasteiger partial charge in [-0.1, -0.05) is 30.3 Å². The first kappa shape index (κ1) is 27.5. The summed E-state index contributed by atoms with van der Waals surface area (Å²) in [6.45, 7) is 1.59. The third kappa shape index (κ3) is 6.08. The van der Waals surface area contributed by atoms with E-state index in [9.17, 15) is 23.3 Å². The molecule has 2 aliphatic rings. The molecule has 9 nitrogen and oxygen atoms in total. The average molecular weight is 562 g/mol. The summed E-state index contributed by atoms with van der Waals surface area (Å²) in [5.41, 5.74) is 3.44. The molecule has 2 atom stereocenters. The van der Waals surface area contributed by atoms with Crippen molar-refractivity contribution in [3.63, 3.8) is 0 Å². The minimum absolute atomic E-state index is 0.0725. The van der Waals surface area contributed by atoms with Crippen LogP contribution in [0, 0.1) is 10.1 Å². The molecule has 10 heteroatoms. The Labute approximate surface area is 233 Å². The lowest BCUT2D eigenvalue weighted by Crippen LogP contribution is -2.45. The molecular formula is C30H31N3O6S. The molecule has 40 heavy (non-hydrogen) atoms. The number of amides is 1. The summed E-state index contributed by atoms with van der Waals surface area (Å²) in [6, 6.07) is 22.6. The highest BCUT2D eigenvalue weighted by Gasteiger charge is 2.41. The van der Waals surface area contributed by atoms with Crippen LogP contribution in [0.25, 0.3) is 5.57 Å². The molecule has 0 unspecified atom stereocenters. The maximum Gasteiger partial charge on any atom is 0.269 e. The quantitative estimate of drug-likeness (QED) is 0.286. The predicted molar refractivity (Wildman–Crippen MR) is 152 cm³/mol. The van der Waals surface area contributed by atoms with Crippen LogP contribution in [0.15, 0.2) is 89.3 Å². The highest BCUT2D eigenvalue weighted by molar-refractivity contribution is 7.90. The van der Waals surface area contributed by atoms with Gasteiger partial charge < -0.3 is 10.1 Å². The van der Waals surface area contributed by atoms with E-state index in [0.717, 1.165) is 48.3 Å². The number of non-ortho nitro benzene ring substituents is 1. The number of para-hydroxylation sites is 1. The van der Waals surface area contributed by atoms with Crippen molar-refractivity contribution in [3.8, 4) is 5.75 Å². The van der Waals surface area contributed by atoms with Crippen LogP contribution in [-0.2, 0) is 9.84 Å². The molecule has 0 aromatic heterocycles. The second kappa shape index (κ2) is 11.6. The first-order chi connectivity index (χ1) is 19.2. The summed E-state index contributed by atoms with van der Waals surface area (Å²) in [5, 5.41) is 14.0. The van der Waals surface area contributed by atoms with E-state index in [0.29, 0.717) is 24.8 Å². The van der Waals surface area contributed by atoms with Crippen molar-refractivity contribution in [2.24, 2.45) is 0 Å². The number of benzene rings is 3. The van der Waals surface area contributed by atoms with Gasteiger partial charge in [-0.15, -0.1) is 0 Å². The molecule has 2 aliphatic heterocycles. The largest absolute Gasteiger partial charge is 0.492 e. The van der Waals surface area contributed by atoms with Gasteiger partial charge in [-0.05, 0) is 72.4 Å². The number of nitrogens with one attached hydrogen (secondary N) is 1. The Morgan fingerprint density at radius 3 is 2.38 bits per heavy atom. The van der Waals surface area contributed by atoms with E-state index in [4.69, 9.17) is 4.74 Å². The van der Waals surface area contributed by atoms with Gasteiger partial charge in [-0.25, -0.2) is 8.42 Å². The van der Waals surface area contributed by atoms with Crippen molar-refractivity contribution >= 4 is 27.0 Å². The molecule has 5 rings (SSSR count). The predicted octanol–water partition coefficient (Wildman–Crippen LogP) is 4.50. The van der Waals surface area contributed by atoms with Gasteiger partial charge in [0.05, 0.1) is 9.82 Å². The van der Waals surface area contributed by atoms with Crippen LogP contribution in [0.1, 0.15) is 35.2 Å². The van der Waals surface area contributed by atoms with Crippen molar-refractivity contribution < 1.29 is 22.9 Å². The Morgan fingerprint density at radius 2 is 1.73 bits per heavy atom. The number of nitro benzene ring substituents is 1. The van der Waals surface area contributed by atoms with Crippen LogP contribution in [-0.4, -0.2) is 62.2 Å². The Balaban J connectivity index is 1.38. The fraction of sp³-hybridized carbons (Fsp3) is 0.300. The summed E-state index contributed by atoms with van der Waals surface area (Å²) in [5.74, 6) is 0.512. The zero-order valence-electron chi connectivity index (χ0n) is 22.2. The Kier molecular flexibility index (Phi) is 7.99. The summed E-state index contributed by atoms with van der Waals surface area (Å²) < 4.78 is 30.0. The summed E-state index contributed by atoms with van der Waals surface area (Å²) in [6.07, 6.45) is 3.93. The molecule has 208 valence electrons. The zero-order chi connectivity index (χ0) is 28.3. The molecule has 1 fully saturated rings. The van der Waals surface area contributed by atoms with E-state index in [1.807, 2.05) is 42.5 Å². The number of fused-ring (bicyclic) bond motifs is 2. The van der Waals surface area contributed by atoms with Crippen LogP contribution >= 0.6 is 0 Å². The summed E-state index contributed by atoms with van der Waals surface area (Å²) in [4.78, 5) is 26.2. The van der Waals surface area contributed by atoms with E-state index in [-0.39, 0.29) is 22.5 Å². The Hall–Kier alpha value is -4.02. The minimum atomic E-state index is -3.31. The topological polar surface area (TPSA) is 119 Å². The fourth-order valence-corrected chi connectivity index (χ4v) is 6.30. The highest BCUT2D eigenvalue weighted by atomic mass is 32.2. The van der Waals surface area contributed by atoms with Crippen LogP contribution in [0.2, 0.25) is 0 Å². The third-order valence-electron chi connectivity index (χ3n) is 7.64. The molecule has 0 spiro atoms. The number of sulfone groups is 1. The molecule has 1 N–H and O–H groups in total.